The lowest BCUT2D eigenvalue weighted by Crippen LogP contribution is -2.30. The number of nitrogens with zero attached hydrogens (tertiary/aromatic N) is 4. The maximum Gasteiger partial charge on any atom is 0.229 e. The molecule has 140 valence electrons. The molecule has 0 radical (unpaired) electrons. The number of carbonyl (C=O) groups is 1. The van der Waals surface area contributed by atoms with Crippen LogP contribution in [0.4, 0.5) is 5.95 Å². The van der Waals surface area contributed by atoms with Crippen LogP contribution in [0.15, 0.2) is 36.7 Å². The van der Waals surface area contributed by atoms with Crippen LogP contribution in [0.2, 0.25) is 0 Å². The zero-order valence-electron chi connectivity index (χ0n) is 15.5. The van der Waals surface area contributed by atoms with Gasteiger partial charge in [0.1, 0.15) is 11.1 Å². The molecule has 27 heavy (non-hydrogen) atoms. The molecular weight excluding hydrogens is 342 g/mol. The molecule has 1 fully saturated rings. The Morgan fingerprint density at radius 1 is 1.30 bits per heavy atom. The Kier molecular flexibility index (Phi) is 4.39. The molecule has 4 rings (SSSR count). The Morgan fingerprint density at radius 3 is 2.78 bits per heavy atom. The Morgan fingerprint density at radius 2 is 2.11 bits per heavy atom. The number of nitrogens with one attached hydrogen (secondary N) is 1. The quantitative estimate of drug-likeness (QED) is 0.725. The maximum absolute atomic E-state index is 12.7. The second-order valence-corrected chi connectivity index (χ2v) is 7.40. The van der Waals surface area contributed by atoms with Crippen LogP contribution in [-0.4, -0.2) is 30.5 Å². The van der Waals surface area contributed by atoms with Crippen molar-refractivity contribution in [1.29, 1.82) is 0 Å². The molecule has 0 unspecified atom stereocenters. The lowest BCUT2D eigenvalue weighted by atomic mass is 9.93. The molecule has 3 aromatic rings. The molecule has 1 saturated carbocycles. The molecule has 0 bridgehead atoms. The van der Waals surface area contributed by atoms with Crippen molar-refractivity contribution < 1.29 is 9.90 Å². The minimum Gasteiger partial charge on any atom is -0.383 e. The number of hydrogen-bond donors (Lipinski definition) is 2. The fourth-order valence-electron chi connectivity index (χ4n) is 3.44. The van der Waals surface area contributed by atoms with Gasteiger partial charge in [0.25, 0.3) is 0 Å². The van der Waals surface area contributed by atoms with Gasteiger partial charge in [-0.1, -0.05) is 6.07 Å². The molecule has 0 saturated heterocycles. The van der Waals surface area contributed by atoms with Crippen molar-refractivity contribution in [2.45, 2.75) is 51.2 Å². The van der Waals surface area contributed by atoms with Crippen LogP contribution in [-0.2, 0) is 10.4 Å². The lowest BCUT2D eigenvalue weighted by molar-refractivity contribution is -0.121. The van der Waals surface area contributed by atoms with E-state index >= 15 is 0 Å². The van der Waals surface area contributed by atoms with Crippen molar-refractivity contribution in [3.8, 4) is 0 Å². The van der Waals surface area contributed by atoms with Gasteiger partial charge >= 0.3 is 0 Å². The van der Waals surface area contributed by atoms with Crippen LogP contribution >= 0.6 is 0 Å². The number of imidazole rings is 1. The van der Waals surface area contributed by atoms with E-state index in [1.54, 1.807) is 37.5 Å². The molecule has 0 spiro atoms. The van der Waals surface area contributed by atoms with Crippen molar-refractivity contribution >= 4 is 23.0 Å². The summed E-state index contributed by atoms with van der Waals surface area (Å²) in [5.74, 6) is 0.192. The van der Waals surface area contributed by atoms with Crippen LogP contribution in [0.3, 0.4) is 0 Å². The summed E-state index contributed by atoms with van der Waals surface area (Å²) < 4.78 is 2.03. The van der Waals surface area contributed by atoms with Gasteiger partial charge < -0.3 is 5.11 Å². The Balaban J connectivity index is 1.61. The smallest absolute Gasteiger partial charge is 0.229 e. The fourth-order valence-corrected chi connectivity index (χ4v) is 3.44. The topological polar surface area (TPSA) is 92.9 Å². The number of carbonyl (C=O) groups excluding carboxylic acids is 1. The summed E-state index contributed by atoms with van der Waals surface area (Å²) in [6.07, 6.45) is 6.53. The van der Waals surface area contributed by atoms with Gasteiger partial charge in [-0.25, -0.2) is 9.97 Å². The molecule has 0 aromatic carbocycles. The second-order valence-electron chi connectivity index (χ2n) is 7.40. The van der Waals surface area contributed by atoms with E-state index in [0.717, 1.165) is 36.0 Å². The second kappa shape index (κ2) is 6.74. The first-order valence-electron chi connectivity index (χ1n) is 9.23. The largest absolute Gasteiger partial charge is 0.383 e. The molecule has 1 amide bonds. The van der Waals surface area contributed by atoms with Crippen LogP contribution in [0, 0.1) is 6.92 Å². The van der Waals surface area contributed by atoms with Gasteiger partial charge in [-0.15, -0.1) is 0 Å². The van der Waals surface area contributed by atoms with Gasteiger partial charge in [0.15, 0.2) is 5.65 Å². The first kappa shape index (κ1) is 17.6. The molecule has 1 aliphatic carbocycles. The number of aryl methyl sites for hydroxylation is 1. The van der Waals surface area contributed by atoms with Crippen LogP contribution < -0.4 is 5.32 Å². The van der Waals surface area contributed by atoms with Gasteiger partial charge in [0.05, 0.1) is 12.1 Å². The molecular formula is C20H23N5O2. The molecule has 2 N–H and O–H groups in total. The molecule has 1 aliphatic rings. The normalized spacial score (nSPS) is 16.7. The van der Waals surface area contributed by atoms with E-state index in [4.69, 9.17) is 0 Å². The average molecular weight is 365 g/mol. The van der Waals surface area contributed by atoms with E-state index in [1.807, 2.05) is 17.6 Å². The Bertz CT molecular complexity index is 977. The van der Waals surface area contributed by atoms with Gasteiger partial charge in [-0.3, -0.25) is 19.7 Å². The summed E-state index contributed by atoms with van der Waals surface area (Å²) in [4.78, 5) is 25.9. The third-order valence-electron chi connectivity index (χ3n) is 5.19. The lowest BCUT2D eigenvalue weighted by Gasteiger charge is -2.28. The van der Waals surface area contributed by atoms with Crippen LogP contribution in [0.5, 0.6) is 0 Å². The molecule has 7 nitrogen and oxygen atoms in total. The van der Waals surface area contributed by atoms with Crippen molar-refractivity contribution in [3.63, 3.8) is 0 Å². The highest BCUT2D eigenvalue weighted by molar-refractivity contribution is 5.92. The van der Waals surface area contributed by atoms with Crippen molar-refractivity contribution in [2.75, 3.05) is 5.32 Å². The predicted molar refractivity (Wildman–Crippen MR) is 102 cm³/mol. The summed E-state index contributed by atoms with van der Waals surface area (Å²) in [6.45, 7) is 3.58. The highest BCUT2D eigenvalue weighted by Gasteiger charge is 2.30. The minimum absolute atomic E-state index is 0.107. The third kappa shape index (κ3) is 3.30. The minimum atomic E-state index is -1.35. The third-order valence-corrected chi connectivity index (χ3v) is 5.19. The maximum atomic E-state index is 12.7. The summed E-state index contributed by atoms with van der Waals surface area (Å²) in [7, 11) is 0. The SMILES string of the molecule is Cc1ccnc2c1nc(NC(=O)C[C@@](C)(O)c1ccccn1)n2C1CCC1. The molecule has 7 heteroatoms. The standard InChI is InChI=1S/C20H23N5O2/c1-13-9-11-22-18-17(13)24-19(25(18)14-6-5-7-14)23-16(26)12-20(2,27)15-8-3-4-10-21-15/h3-4,8-11,14,27H,5-7,12H2,1-2H3,(H,23,24,26)/t20-/m1/s1. The monoisotopic (exact) mass is 365 g/mol. The number of hydrogen-bond acceptors (Lipinski definition) is 5. The number of rotatable bonds is 5. The van der Waals surface area contributed by atoms with Crippen LogP contribution in [0.1, 0.15) is 49.9 Å². The molecule has 3 aromatic heterocycles. The summed E-state index contributed by atoms with van der Waals surface area (Å²) in [6, 6.07) is 7.49. The average Bonchev–Trinajstić information content (AvgIpc) is 2.93. The predicted octanol–water partition coefficient (Wildman–Crippen LogP) is 3.10. The Hall–Kier alpha value is -2.80. The number of fused-ring (bicyclic) bond motifs is 1. The number of amides is 1. The van der Waals surface area contributed by atoms with Gasteiger partial charge in [-0.2, -0.15) is 0 Å². The number of aromatic nitrogens is 4. The van der Waals surface area contributed by atoms with Crippen molar-refractivity contribution in [2.24, 2.45) is 0 Å². The van der Waals surface area contributed by atoms with E-state index in [-0.39, 0.29) is 12.3 Å². The zero-order chi connectivity index (χ0) is 19.0. The van der Waals surface area contributed by atoms with Crippen molar-refractivity contribution in [1.82, 2.24) is 19.5 Å². The molecule has 0 aliphatic heterocycles. The summed E-state index contributed by atoms with van der Waals surface area (Å²) in [5.41, 5.74) is 1.73. The molecule has 1 atom stereocenters. The van der Waals surface area contributed by atoms with Crippen molar-refractivity contribution in [3.05, 3.63) is 47.9 Å². The molecule has 3 heterocycles. The zero-order valence-corrected chi connectivity index (χ0v) is 15.5. The van der Waals surface area contributed by atoms with E-state index in [9.17, 15) is 9.90 Å². The summed E-state index contributed by atoms with van der Waals surface area (Å²) in [5, 5.41) is 13.6. The van der Waals surface area contributed by atoms with E-state index in [2.05, 4.69) is 20.3 Å². The van der Waals surface area contributed by atoms with Gasteiger partial charge in [-0.05, 0) is 56.9 Å². The first-order valence-corrected chi connectivity index (χ1v) is 9.23. The highest BCUT2D eigenvalue weighted by atomic mass is 16.3. The highest BCUT2D eigenvalue weighted by Crippen LogP contribution is 2.37. The first-order chi connectivity index (χ1) is 13.0. The van der Waals surface area contributed by atoms with Gasteiger partial charge in [0, 0.05) is 18.4 Å². The van der Waals surface area contributed by atoms with E-state index in [0.29, 0.717) is 17.7 Å². The Labute approximate surface area is 157 Å². The van der Waals surface area contributed by atoms with E-state index in [1.165, 1.54) is 0 Å². The fraction of sp³-hybridized carbons (Fsp3) is 0.400. The summed E-state index contributed by atoms with van der Waals surface area (Å²) >= 11 is 0. The number of pyridine rings is 2. The van der Waals surface area contributed by atoms with E-state index < -0.39 is 5.60 Å². The number of aliphatic hydroxyl groups is 1. The number of anilines is 1. The van der Waals surface area contributed by atoms with Crippen LogP contribution in [0.25, 0.3) is 11.2 Å². The van der Waals surface area contributed by atoms with Gasteiger partial charge in [0.2, 0.25) is 11.9 Å².